The van der Waals surface area contributed by atoms with Crippen molar-refractivity contribution in [3.8, 4) is 33.8 Å². The molecule has 0 saturated carbocycles. The molecule has 0 spiro atoms. The highest BCUT2D eigenvalue weighted by molar-refractivity contribution is 5.77. The Morgan fingerprint density at radius 3 is 1.26 bits per heavy atom. The van der Waals surface area contributed by atoms with Gasteiger partial charge in [0, 0.05) is 11.1 Å². The number of rotatable bonds is 4. The van der Waals surface area contributed by atoms with Gasteiger partial charge >= 0.3 is 0 Å². The van der Waals surface area contributed by atoms with Crippen LogP contribution in [0.3, 0.4) is 0 Å². The summed E-state index contributed by atoms with van der Waals surface area (Å²) in [6.45, 7) is 4.26. The van der Waals surface area contributed by atoms with Crippen molar-refractivity contribution < 1.29 is 4.74 Å². The second kappa shape index (κ2) is 7.51. The predicted molar refractivity (Wildman–Crippen MR) is 113 cm³/mol. The second-order valence-corrected chi connectivity index (χ2v) is 6.73. The summed E-state index contributed by atoms with van der Waals surface area (Å²) in [6.07, 6.45) is 0. The van der Waals surface area contributed by atoms with Gasteiger partial charge in [0.25, 0.3) is 0 Å². The van der Waals surface area contributed by atoms with Crippen LogP contribution < -0.4 is 4.74 Å². The van der Waals surface area contributed by atoms with E-state index in [0.717, 1.165) is 22.6 Å². The van der Waals surface area contributed by atoms with Gasteiger partial charge in [-0.3, -0.25) is 0 Å². The third-order valence-corrected chi connectivity index (χ3v) is 4.81. The number of hydrogen-bond acceptors (Lipinski definition) is 1. The molecule has 132 valence electrons. The van der Waals surface area contributed by atoms with Crippen molar-refractivity contribution in [1.82, 2.24) is 0 Å². The molecular weight excluding hydrogens is 328 g/mol. The van der Waals surface area contributed by atoms with E-state index in [1.54, 1.807) is 0 Å². The van der Waals surface area contributed by atoms with E-state index in [4.69, 9.17) is 4.74 Å². The molecule has 0 fully saturated rings. The molecule has 27 heavy (non-hydrogen) atoms. The Kier molecular flexibility index (Phi) is 4.76. The van der Waals surface area contributed by atoms with Gasteiger partial charge in [0.05, 0.1) is 0 Å². The van der Waals surface area contributed by atoms with E-state index in [9.17, 15) is 0 Å². The zero-order valence-electron chi connectivity index (χ0n) is 15.6. The van der Waals surface area contributed by atoms with Gasteiger partial charge in [-0.05, 0) is 48.2 Å². The first-order valence-electron chi connectivity index (χ1n) is 9.22. The van der Waals surface area contributed by atoms with Crippen LogP contribution in [0, 0.1) is 13.8 Å². The molecule has 0 atom stereocenters. The highest BCUT2D eigenvalue weighted by Crippen LogP contribution is 2.40. The third-order valence-electron chi connectivity index (χ3n) is 4.81. The summed E-state index contributed by atoms with van der Waals surface area (Å²) in [4.78, 5) is 0. The van der Waals surface area contributed by atoms with Gasteiger partial charge in [0.1, 0.15) is 11.5 Å². The quantitative estimate of drug-likeness (QED) is 0.372. The van der Waals surface area contributed by atoms with Crippen LogP contribution in [-0.2, 0) is 0 Å². The molecular formula is C26H22O. The Morgan fingerprint density at radius 1 is 0.444 bits per heavy atom. The summed E-state index contributed by atoms with van der Waals surface area (Å²) in [6, 6.07) is 33.3. The van der Waals surface area contributed by atoms with Crippen molar-refractivity contribution in [2.24, 2.45) is 0 Å². The molecule has 0 radical (unpaired) electrons. The number of hydrogen-bond donors (Lipinski definition) is 0. The van der Waals surface area contributed by atoms with Crippen LogP contribution in [0.25, 0.3) is 22.3 Å². The van der Waals surface area contributed by atoms with Crippen molar-refractivity contribution >= 4 is 0 Å². The summed E-state index contributed by atoms with van der Waals surface area (Å²) >= 11 is 0. The maximum absolute atomic E-state index is 6.51. The van der Waals surface area contributed by atoms with E-state index < -0.39 is 0 Å². The zero-order valence-corrected chi connectivity index (χ0v) is 15.6. The lowest BCUT2D eigenvalue weighted by atomic mass is 9.98. The lowest BCUT2D eigenvalue weighted by Gasteiger charge is -2.17. The highest BCUT2D eigenvalue weighted by atomic mass is 16.5. The number of ether oxygens (including phenoxy) is 1. The standard InChI is InChI=1S/C26H22O/c1-19-11-9-17-23(25(19)21-13-5-3-6-14-21)27-24-18-10-12-20(2)26(24)22-15-7-4-8-16-22/h3-18H,1-2H3. The molecule has 0 saturated heterocycles. The van der Waals surface area contributed by atoms with E-state index in [-0.39, 0.29) is 0 Å². The predicted octanol–water partition coefficient (Wildman–Crippen LogP) is 7.43. The van der Waals surface area contributed by atoms with Gasteiger partial charge < -0.3 is 4.74 Å². The lowest BCUT2D eigenvalue weighted by molar-refractivity contribution is 0.485. The maximum Gasteiger partial charge on any atom is 0.135 e. The van der Waals surface area contributed by atoms with Crippen molar-refractivity contribution in [3.05, 3.63) is 108 Å². The molecule has 0 heterocycles. The van der Waals surface area contributed by atoms with Gasteiger partial charge in [0.15, 0.2) is 0 Å². The molecule has 0 aliphatic rings. The molecule has 0 amide bonds. The van der Waals surface area contributed by atoms with Crippen LogP contribution in [0.2, 0.25) is 0 Å². The minimum Gasteiger partial charge on any atom is -0.456 e. The largest absolute Gasteiger partial charge is 0.456 e. The van der Waals surface area contributed by atoms with Crippen molar-refractivity contribution in [3.63, 3.8) is 0 Å². The van der Waals surface area contributed by atoms with E-state index in [1.165, 1.54) is 22.3 Å². The van der Waals surface area contributed by atoms with E-state index in [0.29, 0.717) is 0 Å². The molecule has 4 aromatic carbocycles. The molecule has 0 aromatic heterocycles. The average Bonchev–Trinajstić information content (AvgIpc) is 2.70. The molecule has 0 N–H and O–H groups in total. The Balaban J connectivity index is 1.84. The lowest BCUT2D eigenvalue weighted by Crippen LogP contribution is -1.94. The minimum atomic E-state index is 0.879. The Labute approximate surface area is 160 Å². The van der Waals surface area contributed by atoms with Crippen LogP contribution in [0.1, 0.15) is 11.1 Å². The number of aryl methyl sites for hydroxylation is 2. The molecule has 0 bridgehead atoms. The molecule has 0 unspecified atom stereocenters. The van der Waals surface area contributed by atoms with Crippen LogP contribution in [-0.4, -0.2) is 0 Å². The summed E-state index contributed by atoms with van der Waals surface area (Å²) in [7, 11) is 0. The molecule has 0 aliphatic heterocycles. The minimum absolute atomic E-state index is 0.879. The van der Waals surface area contributed by atoms with Crippen LogP contribution in [0.15, 0.2) is 97.1 Å². The smallest absolute Gasteiger partial charge is 0.135 e. The molecule has 1 nitrogen and oxygen atoms in total. The molecule has 1 heteroatoms. The first-order valence-corrected chi connectivity index (χ1v) is 9.22. The van der Waals surface area contributed by atoms with Crippen LogP contribution in [0.5, 0.6) is 11.5 Å². The highest BCUT2D eigenvalue weighted by Gasteiger charge is 2.14. The first kappa shape index (κ1) is 17.1. The molecule has 0 aliphatic carbocycles. The fourth-order valence-corrected chi connectivity index (χ4v) is 3.52. The van der Waals surface area contributed by atoms with Crippen LogP contribution >= 0.6 is 0 Å². The summed E-state index contributed by atoms with van der Waals surface area (Å²) in [5.74, 6) is 1.76. The van der Waals surface area contributed by atoms with Crippen molar-refractivity contribution in [2.45, 2.75) is 13.8 Å². The van der Waals surface area contributed by atoms with Gasteiger partial charge in [-0.1, -0.05) is 84.9 Å². The normalized spacial score (nSPS) is 10.6. The summed E-state index contributed by atoms with van der Waals surface area (Å²) in [5, 5.41) is 0. The van der Waals surface area contributed by atoms with E-state index in [1.807, 2.05) is 24.3 Å². The first-order chi connectivity index (χ1) is 13.2. The fourth-order valence-electron chi connectivity index (χ4n) is 3.52. The summed E-state index contributed by atoms with van der Waals surface area (Å²) in [5.41, 5.74) is 7.01. The van der Waals surface area contributed by atoms with Gasteiger partial charge in [-0.15, -0.1) is 0 Å². The molecule has 4 rings (SSSR count). The zero-order chi connectivity index (χ0) is 18.6. The Bertz CT molecular complexity index is 963. The number of benzene rings is 4. The third kappa shape index (κ3) is 3.50. The van der Waals surface area contributed by atoms with Gasteiger partial charge in [-0.25, -0.2) is 0 Å². The Hall–Kier alpha value is -3.32. The Morgan fingerprint density at radius 2 is 0.852 bits per heavy atom. The van der Waals surface area contributed by atoms with Gasteiger partial charge in [-0.2, -0.15) is 0 Å². The SMILES string of the molecule is Cc1cccc(Oc2cccc(C)c2-c2ccccc2)c1-c1ccccc1. The van der Waals surface area contributed by atoms with E-state index in [2.05, 4.69) is 86.6 Å². The van der Waals surface area contributed by atoms with Crippen molar-refractivity contribution in [2.75, 3.05) is 0 Å². The van der Waals surface area contributed by atoms with Crippen LogP contribution in [0.4, 0.5) is 0 Å². The average molecular weight is 350 g/mol. The second-order valence-electron chi connectivity index (χ2n) is 6.73. The maximum atomic E-state index is 6.51. The van der Waals surface area contributed by atoms with Gasteiger partial charge in [0.2, 0.25) is 0 Å². The topological polar surface area (TPSA) is 9.23 Å². The summed E-state index contributed by atoms with van der Waals surface area (Å²) < 4.78 is 6.51. The monoisotopic (exact) mass is 350 g/mol. The van der Waals surface area contributed by atoms with Crippen molar-refractivity contribution in [1.29, 1.82) is 0 Å². The molecule has 4 aromatic rings. The van der Waals surface area contributed by atoms with E-state index >= 15 is 0 Å². The fraction of sp³-hybridized carbons (Fsp3) is 0.0769.